The fourth-order valence-corrected chi connectivity index (χ4v) is 2.37. The zero-order valence-corrected chi connectivity index (χ0v) is 12.7. The van der Waals surface area contributed by atoms with Crippen LogP contribution >= 0.6 is 11.6 Å². The highest BCUT2D eigenvalue weighted by atomic mass is 35.5. The molecular weight excluding hydrogens is 299 g/mol. The maximum absolute atomic E-state index is 13.1. The lowest BCUT2D eigenvalue weighted by Crippen LogP contribution is -1.99. The number of anilines is 1. The quantitative estimate of drug-likeness (QED) is 0.503. The molecule has 0 amide bonds. The molecule has 4 heteroatoms. The van der Waals surface area contributed by atoms with E-state index in [0.29, 0.717) is 5.69 Å². The number of hydrogen-bond acceptors (Lipinski definition) is 2. The molecule has 0 saturated heterocycles. The summed E-state index contributed by atoms with van der Waals surface area (Å²) < 4.78 is 13.1. The van der Waals surface area contributed by atoms with Crippen molar-refractivity contribution >= 4 is 33.8 Å². The summed E-state index contributed by atoms with van der Waals surface area (Å²) >= 11 is 5.75. The summed E-state index contributed by atoms with van der Waals surface area (Å²) in [6, 6.07) is 18.8. The van der Waals surface area contributed by atoms with Crippen molar-refractivity contribution in [3.63, 3.8) is 0 Å². The average molecular weight is 313 g/mol. The summed E-state index contributed by atoms with van der Waals surface area (Å²) in [6.45, 7) is 1.92. The monoisotopic (exact) mass is 312 g/mol. The number of rotatable bonds is 3. The summed E-state index contributed by atoms with van der Waals surface area (Å²) in [4.78, 5) is 0. The van der Waals surface area contributed by atoms with Crippen LogP contribution in [0.3, 0.4) is 0 Å². The van der Waals surface area contributed by atoms with Crippen molar-refractivity contribution in [1.82, 2.24) is 0 Å². The number of benzene rings is 3. The van der Waals surface area contributed by atoms with E-state index < -0.39 is 5.82 Å². The fourth-order valence-electron chi connectivity index (χ4n) is 2.19. The van der Waals surface area contributed by atoms with Gasteiger partial charge in [0.15, 0.2) is 0 Å². The fraction of sp³-hybridized carbons (Fsp3) is 0.0556. The Morgan fingerprint density at radius 3 is 2.55 bits per heavy atom. The van der Waals surface area contributed by atoms with Crippen molar-refractivity contribution in [2.75, 3.05) is 5.43 Å². The Balaban J connectivity index is 1.84. The predicted molar refractivity (Wildman–Crippen MR) is 91.2 cm³/mol. The summed E-state index contributed by atoms with van der Waals surface area (Å²) in [7, 11) is 0. The summed E-state index contributed by atoms with van der Waals surface area (Å²) in [6.07, 6.45) is 0. The van der Waals surface area contributed by atoms with Crippen molar-refractivity contribution < 1.29 is 4.39 Å². The minimum Gasteiger partial charge on any atom is -0.278 e. The topological polar surface area (TPSA) is 24.4 Å². The Kier molecular flexibility index (Phi) is 4.07. The highest BCUT2D eigenvalue weighted by molar-refractivity contribution is 6.31. The van der Waals surface area contributed by atoms with Crippen LogP contribution in [0.15, 0.2) is 65.8 Å². The van der Waals surface area contributed by atoms with E-state index in [-0.39, 0.29) is 5.02 Å². The molecule has 110 valence electrons. The van der Waals surface area contributed by atoms with Gasteiger partial charge in [-0.3, -0.25) is 5.43 Å². The van der Waals surface area contributed by atoms with Crippen molar-refractivity contribution in [3.8, 4) is 0 Å². The van der Waals surface area contributed by atoms with Gasteiger partial charge in [-0.15, -0.1) is 0 Å². The molecule has 0 spiro atoms. The third kappa shape index (κ3) is 3.10. The molecule has 2 nitrogen and oxygen atoms in total. The number of halogens is 2. The van der Waals surface area contributed by atoms with Crippen molar-refractivity contribution in [2.24, 2.45) is 5.10 Å². The molecule has 0 bridgehead atoms. The first kappa shape index (κ1) is 14.5. The van der Waals surface area contributed by atoms with Crippen LogP contribution in [0.2, 0.25) is 5.02 Å². The molecule has 3 aromatic carbocycles. The van der Waals surface area contributed by atoms with E-state index in [9.17, 15) is 4.39 Å². The Morgan fingerprint density at radius 2 is 1.77 bits per heavy atom. The zero-order chi connectivity index (χ0) is 15.5. The van der Waals surface area contributed by atoms with Crippen molar-refractivity contribution in [1.29, 1.82) is 0 Å². The van der Waals surface area contributed by atoms with Gasteiger partial charge >= 0.3 is 0 Å². The second kappa shape index (κ2) is 6.16. The molecule has 0 radical (unpaired) electrons. The first-order valence-corrected chi connectivity index (χ1v) is 7.26. The van der Waals surface area contributed by atoms with Gasteiger partial charge in [0.05, 0.1) is 16.4 Å². The molecule has 1 N–H and O–H groups in total. The van der Waals surface area contributed by atoms with E-state index in [2.05, 4.69) is 34.8 Å². The van der Waals surface area contributed by atoms with Crippen LogP contribution in [-0.4, -0.2) is 5.71 Å². The predicted octanol–water partition coefficient (Wildman–Crippen LogP) is 5.47. The van der Waals surface area contributed by atoms with Gasteiger partial charge in [0.25, 0.3) is 0 Å². The SMILES string of the molecule is CC(=NNc1ccc(F)c(Cl)c1)c1ccc2ccccc2c1. The smallest absolute Gasteiger partial charge is 0.141 e. The molecule has 3 aromatic rings. The number of nitrogens with one attached hydrogen (secondary N) is 1. The van der Waals surface area contributed by atoms with Crippen LogP contribution in [-0.2, 0) is 0 Å². The summed E-state index contributed by atoms with van der Waals surface area (Å²) in [5.41, 5.74) is 5.41. The first-order chi connectivity index (χ1) is 10.6. The number of fused-ring (bicyclic) bond motifs is 1. The molecule has 0 aliphatic rings. The molecule has 3 rings (SSSR count). The molecule has 22 heavy (non-hydrogen) atoms. The maximum Gasteiger partial charge on any atom is 0.141 e. The zero-order valence-electron chi connectivity index (χ0n) is 12.0. The Labute approximate surface area is 133 Å². The molecule has 0 fully saturated rings. The van der Waals surface area contributed by atoms with Gasteiger partial charge in [0.1, 0.15) is 5.82 Å². The lowest BCUT2D eigenvalue weighted by atomic mass is 10.0. The number of hydrogen-bond donors (Lipinski definition) is 1. The first-order valence-electron chi connectivity index (χ1n) is 6.88. The van der Waals surface area contributed by atoms with Gasteiger partial charge in [0.2, 0.25) is 0 Å². The highest BCUT2D eigenvalue weighted by Gasteiger charge is 2.02. The minimum absolute atomic E-state index is 0.0727. The van der Waals surface area contributed by atoms with Crippen LogP contribution < -0.4 is 5.43 Å². The van der Waals surface area contributed by atoms with Crippen LogP contribution in [0.25, 0.3) is 10.8 Å². The van der Waals surface area contributed by atoms with Gasteiger partial charge in [-0.05, 0) is 47.5 Å². The molecule has 0 aliphatic heterocycles. The van der Waals surface area contributed by atoms with Gasteiger partial charge in [-0.1, -0.05) is 48.0 Å². The number of hydrazone groups is 1. The molecule has 0 atom stereocenters. The van der Waals surface area contributed by atoms with Crippen LogP contribution in [0, 0.1) is 5.82 Å². The van der Waals surface area contributed by atoms with Gasteiger partial charge in [0, 0.05) is 0 Å². The molecular formula is C18H14ClFN2. The Morgan fingerprint density at radius 1 is 1.00 bits per heavy atom. The summed E-state index contributed by atoms with van der Waals surface area (Å²) in [5, 5.41) is 6.76. The van der Waals surface area contributed by atoms with Crippen LogP contribution in [0.1, 0.15) is 12.5 Å². The standard InChI is InChI=1S/C18H14ClFN2/c1-12(21-22-16-8-9-18(20)17(19)11-16)14-7-6-13-4-2-3-5-15(13)10-14/h2-11,22H,1H3. The van der Waals surface area contributed by atoms with E-state index in [1.807, 2.05) is 25.1 Å². The van der Waals surface area contributed by atoms with E-state index in [1.165, 1.54) is 22.9 Å². The highest BCUT2D eigenvalue weighted by Crippen LogP contribution is 2.20. The Hall–Kier alpha value is -2.39. The van der Waals surface area contributed by atoms with Gasteiger partial charge in [-0.25, -0.2) is 4.39 Å². The number of nitrogens with zero attached hydrogens (tertiary/aromatic N) is 1. The second-order valence-electron chi connectivity index (χ2n) is 5.00. The van der Waals surface area contributed by atoms with Crippen molar-refractivity contribution in [2.45, 2.75) is 6.92 Å². The Bertz CT molecular complexity index is 859. The molecule has 0 unspecified atom stereocenters. The molecule has 0 heterocycles. The summed E-state index contributed by atoms with van der Waals surface area (Å²) in [5.74, 6) is -0.442. The van der Waals surface area contributed by atoms with Crippen LogP contribution in [0.5, 0.6) is 0 Å². The molecule has 0 aliphatic carbocycles. The largest absolute Gasteiger partial charge is 0.278 e. The average Bonchev–Trinajstić information content (AvgIpc) is 2.55. The minimum atomic E-state index is -0.442. The third-order valence-corrected chi connectivity index (χ3v) is 3.73. The van der Waals surface area contributed by atoms with Crippen molar-refractivity contribution in [3.05, 3.63) is 77.1 Å². The molecule has 0 aromatic heterocycles. The molecule has 0 saturated carbocycles. The normalized spacial score (nSPS) is 11.7. The maximum atomic E-state index is 13.1. The third-order valence-electron chi connectivity index (χ3n) is 3.44. The second-order valence-corrected chi connectivity index (χ2v) is 5.41. The van der Waals surface area contributed by atoms with Gasteiger partial charge < -0.3 is 0 Å². The lowest BCUT2D eigenvalue weighted by Gasteiger charge is -2.06. The lowest BCUT2D eigenvalue weighted by molar-refractivity contribution is 0.628. The van der Waals surface area contributed by atoms with E-state index in [1.54, 1.807) is 6.07 Å². The van der Waals surface area contributed by atoms with E-state index >= 15 is 0 Å². The van der Waals surface area contributed by atoms with Crippen LogP contribution in [0.4, 0.5) is 10.1 Å². The van der Waals surface area contributed by atoms with Gasteiger partial charge in [-0.2, -0.15) is 5.10 Å². The van der Waals surface area contributed by atoms with E-state index in [0.717, 1.165) is 11.3 Å². The van der Waals surface area contributed by atoms with E-state index in [4.69, 9.17) is 11.6 Å².